The predicted octanol–water partition coefficient (Wildman–Crippen LogP) is -2.40. The second kappa shape index (κ2) is 8.19. The zero-order valence-electron chi connectivity index (χ0n) is 15.0. The first kappa shape index (κ1) is 20.1. The van der Waals surface area contributed by atoms with Crippen LogP contribution in [0.15, 0.2) is 15.8 Å². The van der Waals surface area contributed by atoms with Crippen molar-refractivity contribution in [3.8, 4) is 0 Å². The van der Waals surface area contributed by atoms with E-state index in [0.29, 0.717) is 5.56 Å². The van der Waals surface area contributed by atoms with Crippen LogP contribution in [0.4, 0.5) is 0 Å². The van der Waals surface area contributed by atoms with E-state index in [4.69, 9.17) is 18.9 Å². The van der Waals surface area contributed by atoms with E-state index >= 15 is 0 Å². The third-order valence-corrected chi connectivity index (χ3v) is 4.83. The van der Waals surface area contributed by atoms with Crippen LogP contribution in [0.5, 0.6) is 0 Å². The molecule has 0 radical (unpaired) electrons. The van der Waals surface area contributed by atoms with Crippen molar-refractivity contribution < 1.29 is 34.3 Å². The lowest BCUT2D eigenvalue weighted by molar-refractivity contribution is -0.195. The number of aryl methyl sites for hydroxylation is 1. The number of aromatic amines is 1. The molecule has 3 heterocycles. The SMILES string of the molecule is CO[C@@H]1C(OC[C@H]2O[C@@H](n3cc(C)c(=O)[nH]c3=O)C[C@@H]2O)O[C@H](CO)[C@H]1O. The highest BCUT2D eigenvalue weighted by atomic mass is 16.7. The molecule has 27 heavy (non-hydrogen) atoms. The van der Waals surface area contributed by atoms with Gasteiger partial charge in [0.1, 0.15) is 30.6 Å². The minimum atomic E-state index is -1.05. The zero-order valence-corrected chi connectivity index (χ0v) is 15.0. The Labute approximate surface area is 154 Å². The Hall–Kier alpha value is -1.60. The van der Waals surface area contributed by atoms with E-state index in [9.17, 15) is 24.9 Å². The predicted molar refractivity (Wildman–Crippen MR) is 89.1 cm³/mol. The van der Waals surface area contributed by atoms with Crippen LogP contribution in [0.3, 0.4) is 0 Å². The molecule has 2 fully saturated rings. The molecule has 152 valence electrons. The number of aliphatic hydroxyl groups excluding tert-OH is 3. The quantitative estimate of drug-likeness (QED) is 0.418. The molecule has 1 aromatic heterocycles. The molecule has 3 rings (SSSR count). The van der Waals surface area contributed by atoms with Gasteiger partial charge in [-0.1, -0.05) is 0 Å². The summed E-state index contributed by atoms with van der Waals surface area (Å²) in [6, 6.07) is 0. The van der Waals surface area contributed by atoms with Gasteiger partial charge in [0.2, 0.25) is 0 Å². The molecule has 4 N–H and O–H groups in total. The standard InChI is InChI=1S/C16H24N2O9/c1-7-4-18(16(23)17-14(7)22)11-3-8(20)10(26-11)6-25-15-13(24-2)12(21)9(5-19)27-15/h4,8-13,15,19-21H,3,5-6H2,1-2H3,(H,17,22,23)/t8-,9+,10+,11+,12+,13-,15?/m0/s1. The van der Waals surface area contributed by atoms with E-state index in [1.54, 1.807) is 6.92 Å². The third kappa shape index (κ3) is 3.99. The van der Waals surface area contributed by atoms with Gasteiger partial charge in [-0.2, -0.15) is 0 Å². The number of rotatable bonds is 6. The van der Waals surface area contributed by atoms with Gasteiger partial charge in [0, 0.05) is 25.3 Å². The van der Waals surface area contributed by atoms with E-state index in [2.05, 4.69) is 4.98 Å². The molecule has 2 aliphatic rings. The van der Waals surface area contributed by atoms with E-state index in [-0.39, 0.29) is 19.6 Å². The summed E-state index contributed by atoms with van der Waals surface area (Å²) in [5, 5.41) is 29.4. The zero-order chi connectivity index (χ0) is 19.7. The van der Waals surface area contributed by atoms with Gasteiger partial charge in [-0.05, 0) is 6.92 Å². The van der Waals surface area contributed by atoms with Crippen molar-refractivity contribution in [3.05, 3.63) is 32.6 Å². The van der Waals surface area contributed by atoms with Gasteiger partial charge in [-0.3, -0.25) is 14.3 Å². The number of nitrogens with one attached hydrogen (secondary N) is 1. The third-order valence-electron chi connectivity index (χ3n) is 4.83. The Balaban J connectivity index is 1.63. The van der Waals surface area contributed by atoms with E-state index < -0.39 is 54.3 Å². The van der Waals surface area contributed by atoms with Gasteiger partial charge >= 0.3 is 5.69 Å². The Morgan fingerprint density at radius 2 is 2.04 bits per heavy atom. The summed E-state index contributed by atoms with van der Waals surface area (Å²) in [5.74, 6) is 0. The molecule has 0 spiro atoms. The monoisotopic (exact) mass is 388 g/mol. The highest BCUT2D eigenvalue weighted by Crippen LogP contribution is 2.30. The van der Waals surface area contributed by atoms with Crippen molar-refractivity contribution in [1.82, 2.24) is 9.55 Å². The van der Waals surface area contributed by atoms with Crippen LogP contribution in [0.25, 0.3) is 0 Å². The van der Waals surface area contributed by atoms with E-state index in [0.717, 1.165) is 0 Å². The Morgan fingerprint density at radius 1 is 1.30 bits per heavy atom. The summed E-state index contributed by atoms with van der Waals surface area (Å²) in [6.07, 6.45) is -4.49. The van der Waals surface area contributed by atoms with Crippen molar-refractivity contribution in [2.24, 2.45) is 0 Å². The topological polar surface area (TPSA) is 152 Å². The van der Waals surface area contributed by atoms with Crippen LogP contribution in [0.2, 0.25) is 0 Å². The minimum Gasteiger partial charge on any atom is -0.394 e. The molecule has 2 aliphatic heterocycles. The maximum absolute atomic E-state index is 12.0. The fraction of sp³-hybridized carbons (Fsp3) is 0.750. The first-order valence-electron chi connectivity index (χ1n) is 8.60. The van der Waals surface area contributed by atoms with Crippen molar-refractivity contribution in [3.63, 3.8) is 0 Å². The van der Waals surface area contributed by atoms with Gasteiger partial charge in [-0.15, -0.1) is 0 Å². The number of H-pyrrole nitrogens is 1. The minimum absolute atomic E-state index is 0.0792. The molecule has 1 unspecified atom stereocenters. The lowest BCUT2D eigenvalue weighted by Crippen LogP contribution is -2.38. The maximum atomic E-state index is 12.0. The number of nitrogens with zero attached hydrogens (tertiary/aromatic N) is 1. The Bertz CT molecular complexity index is 763. The van der Waals surface area contributed by atoms with Crippen molar-refractivity contribution >= 4 is 0 Å². The number of aromatic nitrogens is 2. The molecular formula is C16H24N2O9. The van der Waals surface area contributed by atoms with E-state index in [1.165, 1.54) is 17.9 Å². The molecule has 0 saturated carbocycles. The van der Waals surface area contributed by atoms with Gasteiger partial charge in [0.15, 0.2) is 6.29 Å². The normalized spacial score (nSPS) is 36.4. The fourth-order valence-corrected chi connectivity index (χ4v) is 3.26. The van der Waals surface area contributed by atoms with Gasteiger partial charge in [0.25, 0.3) is 5.56 Å². The van der Waals surface area contributed by atoms with Crippen LogP contribution in [0.1, 0.15) is 18.2 Å². The lowest BCUT2D eigenvalue weighted by Gasteiger charge is -2.22. The molecule has 0 aliphatic carbocycles. The lowest BCUT2D eigenvalue weighted by atomic mass is 10.1. The van der Waals surface area contributed by atoms with Crippen LogP contribution >= 0.6 is 0 Å². The Morgan fingerprint density at radius 3 is 2.70 bits per heavy atom. The molecule has 1 aromatic rings. The van der Waals surface area contributed by atoms with Crippen LogP contribution in [-0.4, -0.2) is 82.0 Å². The van der Waals surface area contributed by atoms with Gasteiger partial charge < -0.3 is 34.3 Å². The molecule has 2 saturated heterocycles. The first-order chi connectivity index (χ1) is 12.8. The fourth-order valence-electron chi connectivity index (χ4n) is 3.26. The molecular weight excluding hydrogens is 364 g/mol. The molecule has 11 heteroatoms. The number of aliphatic hydroxyl groups is 3. The van der Waals surface area contributed by atoms with Crippen LogP contribution in [0, 0.1) is 6.92 Å². The summed E-state index contributed by atoms with van der Waals surface area (Å²) < 4.78 is 23.0. The number of ether oxygens (including phenoxy) is 4. The second-order valence-corrected chi connectivity index (χ2v) is 6.66. The number of hydrogen-bond acceptors (Lipinski definition) is 9. The Kier molecular flexibility index (Phi) is 6.11. The smallest absolute Gasteiger partial charge is 0.330 e. The summed E-state index contributed by atoms with van der Waals surface area (Å²) in [7, 11) is 1.38. The van der Waals surface area contributed by atoms with Crippen molar-refractivity contribution in [2.75, 3.05) is 20.3 Å². The highest BCUT2D eigenvalue weighted by molar-refractivity contribution is 5.02. The summed E-state index contributed by atoms with van der Waals surface area (Å²) in [4.78, 5) is 25.6. The average molecular weight is 388 g/mol. The summed E-state index contributed by atoms with van der Waals surface area (Å²) in [5.41, 5.74) is -0.758. The summed E-state index contributed by atoms with van der Waals surface area (Å²) >= 11 is 0. The maximum Gasteiger partial charge on any atom is 0.330 e. The molecule has 7 atom stereocenters. The van der Waals surface area contributed by atoms with Gasteiger partial charge in [0.05, 0.1) is 19.3 Å². The van der Waals surface area contributed by atoms with E-state index in [1.807, 2.05) is 0 Å². The largest absolute Gasteiger partial charge is 0.394 e. The first-order valence-corrected chi connectivity index (χ1v) is 8.60. The average Bonchev–Trinajstić information content (AvgIpc) is 3.15. The summed E-state index contributed by atoms with van der Waals surface area (Å²) in [6.45, 7) is 1.09. The van der Waals surface area contributed by atoms with Gasteiger partial charge in [-0.25, -0.2) is 4.79 Å². The molecule has 0 bridgehead atoms. The van der Waals surface area contributed by atoms with Crippen LogP contribution in [-0.2, 0) is 18.9 Å². The van der Waals surface area contributed by atoms with Crippen molar-refractivity contribution in [2.45, 2.75) is 56.4 Å². The molecule has 11 nitrogen and oxygen atoms in total. The second-order valence-electron chi connectivity index (χ2n) is 6.66. The number of methoxy groups -OCH3 is 1. The number of hydrogen-bond donors (Lipinski definition) is 4. The van der Waals surface area contributed by atoms with Crippen molar-refractivity contribution in [1.29, 1.82) is 0 Å². The molecule has 0 amide bonds. The van der Waals surface area contributed by atoms with Crippen LogP contribution < -0.4 is 11.2 Å². The molecule has 0 aromatic carbocycles. The highest BCUT2D eigenvalue weighted by Gasteiger charge is 2.45.